The third-order valence-electron chi connectivity index (χ3n) is 3.82. The highest BCUT2D eigenvalue weighted by atomic mass is 79.9. The van der Waals surface area contributed by atoms with Crippen LogP contribution in [0.25, 0.3) is 0 Å². The SMILES string of the molecule is CCCOc1ccc(C(C)(C)COCc2ccc(F)c(Br)c2)cc1. The Balaban J connectivity index is 1.91. The van der Waals surface area contributed by atoms with Crippen LogP contribution in [0, 0.1) is 5.82 Å². The van der Waals surface area contributed by atoms with E-state index in [2.05, 4.69) is 48.8 Å². The molecular weight excluding hydrogens is 371 g/mol. The Bertz CT molecular complexity index is 653. The molecule has 0 N–H and O–H groups in total. The maximum absolute atomic E-state index is 13.2. The van der Waals surface area contributed by atoms with Gasteiger partial charge < -0.3 is 9.47 Å². The number of ether oxygens (including phenoxy) is 2. The van der Waals surface area contributed by atoms with Crippen LogP contribution in [0.3, 0.4) is 0 Å². The van der Waals surface area contributed by atoms with Gasteiger partial charge in [-0.15, -0.1) is 0 Å². The van der Waals surface area contributed by atoms with Crippen molar-refractivity contribution in [2.24, 2.45) is 0 Å². The molecule has 130 valence electrons. The van der Waals surface area contributed by atoms with Crippen molar-refractivity contribution >= 4 is 15.9 Å². The highest BCUT2D eigenvalue weighted by molar-refractivity contribution is 9.10. The Kier molecular flexibility index (Phi) is 6.81. The van der Waals surface area contributed by atoms with Crippen molar-refractivity contribution in [3.63, 3.8) is 0 Å². The molecule has 0 unspecified atom stereocenters. The molecule has 0 heterocycles. The molecule has 0 saturated carbocycles. The van der Waals surface area contributed by atoms with Gasteiger partial charge in [-0.25, -0.2) is 4.39 Å². The molecule has 2 aromatic carbocycles. The van der Waals surface area contributed by atoms with Crippen LogP contribution < -0.4 is 4.74 Å². The molecule has 0 spiro atoms. The lowest BCUT2D eigenvalue weighted by Gasteiger charge is -2.25. The molecule has 4 heteroatoms. The van der Waals surface area contributed by atoms with Crippen LogP contribution in [-0.4, -0.2) is 13.2 Å². The van der Waals surface area contributed by atoms with Gasteiger partial charge in [0.25, 0.3) is 0 Å². The van der Waals surface area contributed by atoms with E-state index in [0.717, 1.165) is 24.3 Å². The Morgan fingerprint density at radius 1 is 1.08 bits per heavy atom. The van der Waals surface area contributed by atoms with Crippen molar-refractivity contribution in [2.45, 2.75) is 39.2 Å². The fraction of sp³-hybridized carbons (Fsp3) is 0.400. The van der Waals surface area contributed by atoms with Crippen molar-refractivity contribution in [3.05, 3.63) is 63.9 Å². The van der Waals surface area contributed by atoms with E-state index in [4.69, 9.17) is 9.47 Å². The van der Waals surface area contributed by atoms with Gasteiger partial charge in [0.15, 0.2) is 0 Å². The lowest BCUT2D eigenvalue weighted by Crippen LogP contribution is -2.24. The van der Waals surface area contributed by atoms with E-state index in [1.54, 1.807) is 12.1 Å². The zero-order chi connectivity index (χ0) is 17.6. The summed E-state index contributed by atoms with van der Waals surface area (Å²) in [5.74, 6) is 0.637. The topological polar surface area (TPSA) is 18.5 Å². The van der Waals surface area contributed by atoms with Crippen LogP contribution >= 0.6 is 15.9 Å². The zero-order valence-electron chi connectivity index (χ0n) is 14.4. The van der Waals surface area contributed by atoms with Gasteiger partial charge in [0, 0.05) is 5.41 Å². The van der Waals surface area contributed by atoms with E-state index in [1.165, 1.54) is 11.6 Å². The van der Waals surface area contributed by atoms with Crippen LogP contribution in [0.4, 0.5) is 4.39 Å². The van der Waals surface area contributed by atoms with Crippen LogP contribution in [0.1, 0.15) is 38.3 Å². The number of benzene rings is 2. The molecule has 0 atom stereocenters. The smallest absolute Gasteiger partial charge is 0.137 e. The van der Waals surface area contributed by atoms with Gasteiger partial charge in [-0.2, -0.15) is 0 Å². The Morgan fingerprint density at radius 3 is 2.42 bits per heavy atom. The summed E-state index contributed by atoms with van der Waals surface area (Å²) in [4.78, 5) is 0. The molecule has 0 aliphatic rings. The molecule has 0 fully saturated rings. The van der Waals surface area contributed by atoms with Gasteiger partial charge in [-0.05, 0) is 57.7 Å². The lowest BCUT2D eigenvalue weighted by molar-refractivity contribution is 0.0824. The second-order valence-electron chi connectivity index (χ2n) is 6.50. The van der Waals surface area contributed by atoms with Crippen molar-refractivity contribution < 1.29 is 13.9 Å². The second kappa shape index (κ2) is 8.63. The minimum atomic E-state index is -0.260. The molecule has 2 aromatic rings. The molecule has 2 rings (SSSR count). The number of hydrogen-bond acceptors (Lipinski definition) is 2. The summed E-state index contributed by atoms with van der Waals surface area (Å²) in [6.45, 7) is 8.16. The highest BCUT2D eigenvalue weighted by Crippen LogP contribution is 2.26. The van der Waals surface area contributed by atoms with Gasteiger partial charge in [-0.1, -0.05) is 39.0 Å². The monoisotopic (exact) mass is 394 g/mol. The molecule has 0 saturated heterocycles. The van der Waals surface area contributed by atoms with Crippen LogP contribution in [-0.2, 0) is 16.8 Å². The summed E-state index contributed by atoms with van der Waals surface area (Å²) in [6, 6.07) is 13.1. The molecule has 2 nitrogen and oxygen atoms in total. The first-order valence-electron chi connectivity index (χ1n) is 8.17. The van der Waals surface area contributed by atoms with Gasteiger partial charge in [-0.3, -0.25) is 0 Å². The summed E-state index contributed by atoms with van der Waals surface area (Å²) >= 11 is 3.20. The highest BCUT2D eigenvalue weighted by Gasteiger charge is 2.21. The van der Waals surface area contributed by atoms with Gasteiger partial charge in [0.2, 0.25) is 0 Å². The Hall–Kier alpha value is -1.39. The maximum atomic E-state index is 13.2. The average Bonchev–Trinajstić information content (AvgIpc) is 2.56. The fourth-order valence-electron chi connectivity index (χ4n) is 2.36. The predicted octanol–water partition coefficient (Wildman–Crippen LogP) is 5.87. The van der Waals surface area contributed by atoms with Crippen LogP contribution in [0.5, 0.6) is 5.75 Å². The Labute approximate surface area is 152 Å². The van der Waals surface area contributed by atoms with E-state index in [1.807, 2.05) is 12.1 Å². The molecule has 0 aliphatic carbocycles. The van der Waals surface area contributed by atoms with Gasteiger partial charge in [0.05, 0.1) is 24.3 Å². The number of hydrogen-bond donors (Lipinski definition) is 0. The fourth-order valence-corrected chi connectivity index (χ4v) is 2.79. The van der Waals surface area contributed by atoms with Crippen molar-refractivity contribution in [2.75, 3.05) is 13.2 Å². The van der Waals surface area contributed by atoms with E-state index in [0.29, 0.717) is 17.7 Å². The molecule has 0 amide bonds. The summed E-state index contributed by atoms with van der Waals surface area (Å²) in [5.41, 5.74) is 2.04. The van der Waals surface area contributed by atoms with Crippen LogP contribution in [0.15, 0.2) is 46.9 Å². The molecule has 24 heavy (non-hydrogen) atoms. The van der Waals surface area contributed by atoms with Crippen molar-refractivity contribution in [3.8, 4) is 5.75 Å². The minimum Gasteiger partial charge on any atom is -0.494 e. The second-order valence-corrected chi connectivity index (χ2v) is 7.35. The average molecular weight is 395 g/mol. The first-order valence-corrected chi connectivity index (χ1v) is 8.96. The quantitative estimate of drug-likeness (QED) is 0.557. The van der Waals surface area contributed by atoms with E-state index < -0.39 is 0 Å². The first-order chi connectivity index (χ1) is 11.4. The zero-order valence-corrected chi connectivity index (χ0v) is 16.0. The van der Waals surface area contributed by atoms with Gasteiger partial charge >= 0.3 is 0 Å². The standard InChI is InChI=1S/C20H24BrFO2/c1-4-11-24-17-8-6-16(7-9-17)20(2,3)14-23-13-15-5-10-19(22)18(21)12-15/h5-10,12H,4,11,13-14H2,1-3H3. The third-order valence-corrected chi connectivity index (χ3v) is 4.43. The third kappa shape index (κ3) is 5.32. The molecule has 0 aromatic heterocycles. The molecule has 0 bridgehead atoms. The minimum absolute atomic E-state index is 0.111. The largest absolute Gasteiger partial charge is 0.494 e. The predicted molar refractivity (Wildman–Crippen MR) is 99.0 cm³/mol. The van der Waals surface area contributed by atoms with Crippen LogP contribution in [0.2, 0.25) is 0 Å². The summed E-state index contributed by atoms with van der Waals surface area (Å²) in [7, 11) is 0. The van der Waals surface area contributed by atoms with Crippen molar-refractivity contribution in [1.82, 2.24) is 0 Å². The van der Waals surface area contributed by atoms with E-state index in [-0.39, 0.29) is 11.2 Å². The summed E-state index contributed by atoms with van der Waals surface area (Å²) in [5, 5.41) is 0. The van der Waals surface area contributed by atoms with Crippen molar-refractivity contribution in [1.29, 1.82) is 0 Å². The molecular formula is C20H24BrFO2. The number of halogens is 2. The lowest BCUT2D eigenvalue weighted by atomic mass is 9.85. The van der Waals surface area contributed by atoms with E-state index >= 15 is 0 Å². The molecule has 0 aliphatic heterocycles. The summed E-state index contributed by atoms with van der Waals surface area (Å²) in [6.07, 6.45) is 1.00. The molecule has 0 radical (unpaired) electrons. The normalized spacial score (nSPS) is 11.5. The number of rotatable bonds is 8. The van der Waals surface area contributed by atoms with Gasteiger partial charge in [0.1, 0.15) is 11.6 Å². The summed E-state index contributed by atoms with van der Waals surface area (Å²) < 4.78 is 25.2. The Morgan fingerprint density at radius 2 is 1.79 bits per heavy atom. The van der Waals surface area contributed by atoms with E-state index in [9.17, 15) is 4.39 Å². The maximum Gasteiger partial charge on any atom is 0.137 e. The first kappa shape index (κ1) is 18.9.